The van der Waals surface area contributed by atoms with Gasteiger partial charge in [0.2, 0.25) is 5.91 Å². The molecule has 0 aromatic heterocycles. The van der Waals surface area contributed by atoms with E-state index in [4.69, 9.17) is 5.73 Å². The highest BCUT2D eigenvalue weighted by molar-refractivity contribution is 5.93. The molecule has 1 amide bonds. The van der Waals surface area contributed by atoms with Gasteiger partial charge in [0.15, 0.2) is 0 Å². The van der Waals surface area contributed by atoms with Crippen LogP contribution in [-0.4, -0.2) is 12.5 Å². The average Bonchev–Trinajstić information content (AvgIpc) is 2.48. The first-order chi connectivity index (χ1) is 10.1. The van der Waals surface area contributed by atoms with Crippen LogP contribution < -0.4 is 11.1 Å². The molecule has 0 heterocycles. The molecule has 1 unspecified atom stereocenters. The van der Waals surface area contributed by atoms with Gasteiger partial charge in [0.1, 0.15) is 0 Å². The van der Waals surface area contributed by atoms with E-state index in [1.807, 2.05) is 56.3 Å². The van der Waals surface area contributed by atoms with Crippen LogP contribution in [0.1, 0.15) is 16.7 Å². The third-order valence-corrected chi connectivity index (χ3v) is 3.62. The number of hydrogen-bond acceptors (Lipinski definition) is 2. The van der Waals surface area contributed by atoms with Crippen molar-refractivity contribution < 1.29 is 4.79 Å². The zero-order chi connectivity index (χ0) is 15.2. The lowest BCUT2D eigenvalue weighted by Gasteiger charge is -2.16. The predicted molar refractivity (Wildman–Crippen MR) is 87.2 cm³/mol. The third kappa shape index (κ3) is 4.17. The molecule has 0 fully saturated rings. The Labute approximate surface area is 126 Å². The minimum absolute atomic E-state index is 0.0201. The second-order valence-electron chi connectivity index (χ2n) is 5.43. The standard InChI is InChI=1S/C18H22N2O/c1-13-8-9-17(14(2)10-13)20-18(21)16(12-19)11-15-6-4-3-5-7-15/h3-10,16H,11-12,19H2,1-2H3,(H,20,21). The average molecular weight is 282 g/mol. The van der Waals surface area contributed by atoms with Crippen molar-refractivity contribution in [1.29, 1.82) is 0 Å². The number of carbonyl (C=O) groups excluding carboxylic acids is 1. The van der Waals surface area contributed by atoms with Gasteiger partial charge in [-0.05, 0) is 37.5 Å². The van der Waals surface area contributed by atoms with Crippen LogP contribution >= 0.6 is 0 Å². The summed E-state index contributed by atoms with van der Waals surface area (Å²) < 4.78 is 0. The lowest BCUT2D eigenvalue weighted by Crippen LogP contribution is -2.31. The van der Waals surface area contributed by atoms with Crippen LogP contribution in [0.4, 0.5) is 5.69 Å². The van der Waals surface area contributed by atoms with E-state index in [0.717, 1.165) is 16.8 Å². The Balaban J connectivity index is 2.06. The molecule has 2 rings (SSSR count). The highest BCUT2D eigenvalue weighted by Gasteiger charge is 2.18. The van der Waals surface area contributed by atoms with Crippen LogP contribution in [0, 0.1) is 19.8 Å². The van der Waals surface area contributed by atoms with Crippen molar-refractivity contribution in [2.45, 2.75) is 20.3 Å². The Bertz CT molecular complexity index is 608. The number of anilines is 1. The molecule has 2 aromatic rings. The monoisotopic (exact) mass is 282 g/mol. The topological polar surface area (TPSA) is 55.1 Å². The molecule has 110 valence electrons. The molecule has 3 N–H and O–H groups in total. The minimum atomic E-state index is -0.215. The van der Waals surface area contributed by atoms with Crippen molar-refractivity contribution in [1.82, 2.24) is 0 Å². The lowest BCUT2D eigenvalue weighted by molar-refractivity contribution is -0.119. The summed E-state index contributed by atoms with van der Waals surface area (Å²) in [6.07, 6.45) is 0.661. The fourth-order valence-electron chi connectivity index (χ4n) is 2.37. The molecule has 0 spiro atoms. The van der Waals surface area contributed by atoms with Gasteiger partial charge in [-0.3, -0.25) is 4.79 Å². The van der Waals surface area contributed by atoms with Gasteiger partial charge in [-0.15, -0.1) is 0 Å². The Morgan fingerprint density at radius 1 is 1.14 bits per heavy atom. The van der Waals surface area contributed by atoms with Crippen molar-refractivity contribution in [2.75, 3.05) is 11.9 Å². The van der Waals surface area contributed by atoms with Crippen LogP contribution in [0.2, 0.25) is 0 Å². The van der Waals surface area contributed by atoms with Gasteiger partial charge < -0.3 is 11.1 Å². The van der Waals surface area contributed by atoms with Crippen LogP contribution in [0.3, 0.4) is 0 Å². The summed E-state index contributed by atoms with van der Waals surface area (Å²) in [4.78, 5) is 12.4. The first-order valence-electron chi connectivity index (χ1n) is 7.22. The number of nitrogens with one attached hydrogen (secondary N) is 1. The van der Waals surface area contributed by atoms with Crippen LogP contribution in [0.25, 0.3) is 0 Å². The van der Waals surface area contributed by atoms with Crippen molar-refractivity contribution in [3.05, 3.63) is 65.2 Å². The first kappa shape index (κ1) is 15.3. The molecule has 1 atom stereocenters. The fraction of sp³-hybridized carbons (Fsp3) is 0.278. The fourth-order valence-corrected chi connectivity index (χ4v) is 2.37. The van der Waals surface area contributed by atoms with Gasteiger partial charge in [-0.25, -0.2) is 0 Å². The normalized spacial score (nSPS) is 12.0. The quantitative estimate of drug-likeness (QED) is 0.885. The van der Waals surface area contributed by atoms with Crippen LogP contribution in [0.5, 0.6) is 0 Å². The summed E-state index contributed by atoms with van der Waals surface area (Å²) in [5.41, 5.74) is 10.0. The van der Waals surface area contributed by atoms with Crippen molar-refractivity contribution in [3.8, 4) is 0 Å². The van der Waals surface area contributed by atoms with Crippen molar-refractivity contribution in [3.63, 3.8) is 0 Å². The number of benzene rings is 2. The summed E-state index contributed by atoms with van der Waals surface area (Å²) in [6, 6.07) is 16.0. The van der Waals surface area contributed by atoms with E-state index in [1.165, 1.54) is 5.56 Å². The maximum atomic E-state index is 12.4. The number of rotatable bonds is 5. The molecule has 0 aliphatic rings. The highest BCUT2D eigenvalue weighted by atomic mass is 16.1. The van der Waals surface area contributed by atoms with Crippen molar-refractivity contribution in [2.24, 2.45) is 11.7 Å². The largest absolute Gasteiger partial charge is 0.330 e. The number of hydrogen-bond donors (Lipinski definition) is 2. The minimum Gasteiger partial charge on any atom is -0.330 e. The molecule has 0 bridgehead atoms. The zero-order valence-electron chi connectivity index (χ0n) is 12.6. The predicted octanol–water partition coefficient (Wildman–Crippen LogP) is 3.06. The highest BCUT2D eigenvalue weighted by Crippen LogP contribution is 2.18. The summed E-state index contributed by atoms with van der Waals surface area (Å²) in [5, 5.41) is 2.99. The summed E-state index contributed by atoms with van der Waals surface area (Å²) in [5.74, 6) is -0.235. The molecule has 0 aliphatic heterocycles. The van der Waals surface area contributed by atoms with E-state index in [0.29, 0.717) is 13.0 Å². The molecule has 3 heteroatoms. The molecule has 0 saturated carbocycles. The maximum absolute atomic E-state index is 12.4. The second-order valence-corrected chi connectivity index (χ2v) is 5.43. The molecule has 2 aromatic carbocycles. The number of carbonyl (C=O) groups is 1. The Kier molecular flexibility index (Phi) is 5.12. The first-order valence-corrected chi connectivity index (χ1v) is 7.22. The van der Waals surface area contributed by atoms with Crippen molar-refractivity contribution >= 4 is 11.6 Å². The SMILES string of the molecule is Cc1ccc(NC(=O)C(CN)Cc2ccccc2)c(C)c1. The summed E-state index contributed by atoms with van der Waals surface area (Å²) in [6.45, 7) is 4.37. The second kappa shape index (κ2) is 7.04. The molecule has 3 nitrogen and oxygen atoms in total. The Morgan fingerprint density at radius 3 is 2.48 bits per heavy atom. The number of aryl methyl sites for hydroxylation is 2. The van der Waals surface area contributed by atoms with Gasteiger partial charge in [-0.2, -0.15) is 0 Å². The molecule has 21 heavy (non-hydrogen) atoms. The summed E-state index contributed by atoms with van der Waals surface area (Å²) in [7, 11) is 0. The van der Waals surface area contributed by atoms with E-state index in [2.05, 4.69) is 11.4 Å². The van der Waals surface area contributed by atoms with Gasteiger partial charge in [-0.1, -0.05) is 48.0 Å². The Hall–Kier alpha value is -2.13. The molecule has 0 aliphatic carbocycles. The maximum Gasteiger partial charge on any atom is 0.229 e. The van der Waals surface area contributed by atoms with E-state index in [1.54, 1.807) is 0 Å². The van der Waals surface area contributed by atoms with Crippen LogP contribution in [0.15, 0.2) is 48.5 Å². The van der Waals surface area contributed by atoms with E-state index < -0.39 is 0 Å². The van der Waals surface area contributed by atoms with Gasteiger partial charge in [0.25, 0.3) is 0 Å². The van der Waals surface area contributed by atoms with E-state index in [9.17, 15) is 4.79 Å². The smallest absolute Gasteiger partial charge is 0.229 e. The van der Waals surface area contributed by atoms with E-state index in [-0.39, 0.29) is 11.8 Å². The Morgan fingerprint density at radius 2 is 1.86 bits per heavy atom. The molecular weight excluding hydrogens is 260 g/mol. The van der Waals surface area contributed by atoms with Gasteiger partial charge in [0.05, 0.1) is 5.92 Å². The lowest BCUT2D eigenvalue weighted by atomic mass is 9.98. The number of nitrogens with two attached hydrogens (primary N) is 1. The molecule has 0 saturated heterocycles. The van der Waals surface area contributed by atoms with Crippen LogP contribution in [-0.2, 0) is 11.2 Å². The van der Waals surface area contributed by atoms with Gasteiger partial charge >= 0.3 is 0 Å². The molecule has 0 radical (unpaired) electrons. The summed E-state index contributed by atoms with van der Waals surface area (Å²) >= 11 is 0. The zero-order valence-corrected chi connectivity index (χ0v) is 12.6. The van der Waals surface area contributed by atoms with E-state index >= 15 is 0 Å². The van der Waals surface area contributed by atoms with Gasteiger partial charge in [0, 0.05) is 12.2 Å². The number of amides is 1. The molecular formula is C18H22N2O. The third-order valence-electron chi connectivity index (χ3n) is 3.62.